The van der Waals surface area contributed by atoms with Crippen LogP contribution in [-0.4, -0.2) is 10.2 Å². The first-order chi connectivity index (χ1) is 7.65. The summed E-state index contributed by atoms with van der Waals surface area (Å²) in [4.78, 5) is 0. The first-order valence-electron chi connectivity index (χ1n) is 4.31. The maximum Gasteiger partial charge on any atom is 0.312 e. The summed E-state index contributed by atoms with van der Waals surface area (Å²) in [7, 11) is 0. The van der Waals surface area contributed by atoms with Gasteiger partial charge in [-0.15, -0.1) is 5.10 Å². The number of benzene rings is 1. The fraction of sp³-hybridized carbons (Fsp3) is 0.111. The molecule has 1 aromatic heterocycles. The largest absolute Gasteiger partial charge is 0.483 e. The van der Waals surface area contributed by atoms with Crippen LogP contribution in [0.4, 0.5) is 6.01 Å². The zero-order valence-corrected chi connectivity index (χ0v) is 11.2. The Morgan fingerprint density at radius 2 is 2.12 bits per heavy atom. The quantitative estimate of drug-likeness (QED) is 0.923. The van der Waals surface area contributed by atoms with Crippen LogP contribution < -0.4 is 10.5 Å². The van der Waals surface area contributed by atoms with Gasteiger partial charge in [-0.2, -0.15) is 0 Å². The van der Waals surface area contributed by atoms with Crippen molar-refractivity contribution in [2.75, 3.05) is 5.73 Å². The molecule has 0 amide bonds. The molecule has 0 aliphatic rings. The Hall–Kier alpha value is -1.08. The van der Waals surface area contributed by atoms with Crippen molar-refractivity contribution in [3.05, 3.63) is 33.0 Å². The van der Waals surface area contributed by atoms with Gasteiger partial charge in [-0.25, -0.2) is 0 Å². The molecule has 7 heteroatoms. The molecule has 0 radical (unpaired) electrons. The van der Waals surface area contributed by atoms with Gasteiger partial charge in [0.2, 0.25) is 0 Å². The molecule has 5 nitrogen and oxygen atoms in total. The molecule has 2 rings (SSSR count). The van der Waals surface area contributed by atoms with Crippen molar-refractivity contribution < 1.29 is 9.15 Å². The minimum Gasteiger partial charge on any atom is -0.483 e. The van der Waals surface area contributed by atoms with E-state index in [1.165, 1.54) is 0 Å². The topological polar surface area (TPSA) is 74.2 Å². The Balaban J connectivity index is 2.04. The van der Waals surface area contributed by atoms with Gasteiger partial charge in [0.25, 0.3) is 5.89 Å². The normalized spacial score (nSPS) is 10.4. The lowest BCUT2D eigenvalue weighted by Gasteiger charge is -2.05. The van der Waals surface area contributed by atoms with Crippen molar-refractivity contribution in [3.63, 3.8) is 0 Å². The predicted octanol–water partition coefficient (Wildman–Crippen LogP) is 2.76. The maximum atomic E-state index is 5.47. The number of nitrogens with zero attached hydrogens (tertiary/aromatic N) is 2. The molecule has 0 saturated heterocycles. The van der Waals surface area contributed by atoms with Crippen molar-refractivity contribution in [1.82, 2.24) is 10.2 Å². The standard InChI is InChI=1S/C9H7Br2N3O2/c10-5-1-2-7(6(11)3-5)15-4-8-13-14-9(12)16-8/h1-3H,4H2,(H2,12,14). The highest BCUT2D eigenvalue weighted by Crippen LogP contribution is 2.28. The number of rotatable bonds is 3. The van der Waals surface area contributed by atoms with Gasteiger partial charge in [0.1, 0.15) is 5.75 Å². The van der Waals surface area contributed by atoms with Gasteiger partial charge in [0.15, 0.2) is 6.61 Å². The third-order valence-corrected chi connectivity index (χ3v) is 2.84. The van der Waals surface area contributed by atoms with Gasteiger partial charge in [-0.3, -0.25) is 0 Å². The lowest BCUT2D eigenvalue weighted by molar-refractivity contribution is 0.263. The van der Waals surface area contributed by atoms with Crippen LogP contribution in [0.2, 0.25) is 0 Å². The second-order valence-corrected chi connectivity index (χ2v) is 4.67. The van der Waals surface area contributed by atoms with E-state index in [2.05, 4.69) is 42.1 Å². The maximum absolute atomic E-state index is 5.47. The van der Waals surface area contributed by atoms with E-state index >= 15 is 0 Å². The van der Waals surface area contributed by atoms with Gasteiger partial charge < -0.3 is 14.9 Å². The van der Waals surface area contributed by atoms with E-state index < -0.39 is 0 Å². The third kappa shape index (κ3) is 2.73. The number of aromatic nitrogens is 2. The summed E-state index contributed by atoms with van der Waals surface area (Å²) >= 11 is 6.73. The van der Waals surface area contributed by atoms with Gasteiger partial charge in [0.05, 0.1) is 4.47 Å². The predicted molar refractivity (Wildman–Crippen MR) is 64.9 cm³/mol. The number of nitrogen functional groups attached to an aromatic ring is 1. The van der Waals surface area contributed by atoms with Crippen LogP contribution in [0, 0.1) is 0 Å². The zero-order chi connectivity index (χ0) is 11.5. The van der Waals surface area contributed by atoms with Crippen LogP contribution in [0.15, 0.2) is 31.6 Å². The van der Waals surface area contributed by atoms with Gasteiger partial charge in [-0.05, 0) is 34.1 Å². The van der Waals surface area contributed by atoms with Gasteiger partial charge >= 0.3 is 6.01 Å². The van der Waals surface area contributed by atoms with Crippen LogP contribution in [0.3, 0.4) is 0 Å². The number of anilines is 1. The first kappa shape index (κ1) is 11.4. The van der Waals surface area contributed by atoms with Crippen molar-refractivity contribution in [2.24, 2.45) is 0 Å². The number of hydrogen-bond donors (Lipinski definition) is 1. The monoisotopic (exact) mass is 347 g/mol. The molecular formula is C9H7Br2N3O2. The molecule has 0 unspecified atom stereocenters. The van der Waals surface area contributed by atoms with E-state index in [4.69, 9.17) is 14.9 Å². The average molecular weight is 349 g/mol. The summed E-state index contributed by atoms with van der Waals surface area (Å²) in [5.41, 5.74) is 5.29. The summed E-state index contributed by atoms with van der Waals surface area (Å²) in [5.74, 6) is 1.03. The molecule has 1 aromatic carbocycles. The molecule has 0 bridgehead atoms. The second-order valence-electron chi connectivity index (χ2n) is 2.90. The van der Waals surface area contributed by atoms with E-state index in [0.29, 0.717) is 11.6 Å². The van der Waals surface area contributed by atoms with Crippen LogP contribution >= 0.6 is 31.9 Å². The van der Waals surface area contributed by atoms with E-state index in [0.717, 1.165) is 8.95 Å². The molecule has 0 aliphatic carbocycles. The molecule has 0 atom stereocenters. The molecule has 0 saturated carbocycles. The molecule has 0 aliphatic heterocycles. The van der Waals surface area contributed by atoms with E-state index in [1.807, 2.05) is 18.2 Å². The molecule has 1 heterocycles. The molecule has 0 spiro atoms. The molecule has 0 fully saturated rings. The first-order valence-corrected chi connectivity index (χ1v) is 5.89. The fourth-order valence-electron chi connectivity index (χ4n) is 1.06. The number of nitrogens with two attached hydrogens (primary N) is 1. The zero-order valence-electron chi connectivity index (χ0n) is 7.98. The highest BCUT2D eigenvalue weighted by Gasteiger charge is 2.06. The SMILES string of the molecule is Nc1nnc(COc2ccc(Br)cc2Br)o1. The molecular weight excluding hydrogens is 342 g/mol. The van der Waals surface area contributed by atoms with Crippen LogP contribution in [0.5, 0.6) is 5.75 Å². The highest BCUT2D eigenvalue weighted by atomic mass is 79.9. The van der Waals surface area contributed by atoms with E-state index in [1.54, 1.807) is 0 Å². The Morgan fingerprint density at radius 3 is 2.75 bits per heavy atom. The lowest BCUT2D eigenvalue weighted by Crippen LogP contribution is -1.96. The molecule has 2 N–H and O–H groups in total. The van der Waals surface area contributed by atoms with Crippen LogP contribution in [0.1, 0.15) is 5.89 Å². The van der Waals surface area contributed by atoms with Crippen LogP contribution in [0.25, 0.3) is 0 Å². The van der Waals surface area contributed by atoms with Gasteiger partial charge in [0, 0.05) is 4.47 Å². The summed E-state index contributed by atoms with van der Waals surface area (Å²) in [6.45, 7) is 0.185. The van der Waals surface area contributed by atoms with Crippen molar-refractivity contribution in [2.45, 2.75) is 6.61 Å². The Labute approximate surface area is 108 Å². The summed E-state index contributed by atoms with van der Waals surface area (Å²) in [6, 6.07) is 5.63. The van der Waals surface area contributed by atoms with Crippen molar-refractivity contribution in [1.29, 1.82) is 0 Å². The van der Waals surface area contributed by atoms with Crippen LogP contribution in [-0.2, 0) is 6.61 Å². The molecule has 84 valence electrons. The summed E-state index contributed by atoms with van der Waals surface area (Å²) in [5, 5.41) is 7.21. The summed E-state index contributed by atoms with van der Waals surface area (Å²) < 4.78 is 12.3. The third-order valence-electron chi connectivity index (χ3n) is 1.73. The highest BCUT2D eigenvalue weighted by molar-refractivity contribution is 9.11. The lowest BCUT2D eigenvalue weighted by atomic mass is 10.3. The van der Waals surface area contributed by atoms with E-state index in [9.17, 15) is 0 Å². The van der Waals surface area contributed by atoms with Gasteiger partial charge in [-0.1, -0.05) is 21.0 Å². The minimum atomic E-state index is 0.0356. The Bertz CT molecular complexity index is 501. The molecule has 16 heavy (non-hydrogen) atoms. The Kier molecular flexibility index (Phi) is 3.45. The average Bonchev–Trinajstić information content (AvgIpc) is 2.63. The number of ether oxygens (including phenoxy) is 1. The second kappa shape index (κ2) is 4.84. The minimum absolute atomic E-state index is 0.0356. The number of hydrogen-bond acceptors (Lipinski definition) is 5. The summed E-state index contributed by atoms with van der Waals surface area (Å²) in [6.07, 6.45) is 0. The Morgan fingerprint density at radius 1 is 1.31 bits per heavy atom. The molecule has 2 aromatic rings. The van der Waals surface area contributed by atoms with Crippen molar-refractivity contribution >= 4 is 37.9 Å². The van der Waals surface area contributed by atoms with E-state index in [-0.39, 0.29) is 12.6 Å². The fourth-order valence-corrected chi connectivity index (χ4v) is 2.22. The number of halogens is 2. The smallest absolute Gasteiger partial charge is 0.312 e. The van der Waals surface area contributed by atoms with Crippen molar-refractivity contribution in [3.8, 4) is 5.75 Å².